The molecule has 0 aromatic heterocycles. The van der Waals surface area contributed by atoms with E-state index in [1.165, 1.54) is 30.3 Å². The number of ether oxygens (including phenoxy) is 3. The molecule has 0 spiro atoms. The maximum Gasteiger partial charge on any atom is 0.343 e. The number of esters is 2. The maximum atomic E-state index is 12.8. The van der Waals surface area contributed by atoms with Crippen molar-refractivity contribution in [3.05, 3.63) is 107 Å². The lowest BCUT2D eigenvalue weighted by Crippen LogP contribution is -2.31. The van der Waals surface area contributed by atoms with Gasteiger partial charge in [0.05, 0.1) is 23.9 Å². The van der Waals surface area contributed by atoms with Gasteiger partial charge in [-0.1, -0.05) is 18.2 Å². The van der Waals surface area contributed by atoms with E-state index in [0.29, 0.717) is 22.4 Å². The average molecular weight is 522 g/mol. The van der Waals surface area contributed by atoms with Crippen LogP contribution in [0.2, 0.25) is 0 Å². The van der Waals surface area contributed by atoms with Crippen LogP contribution in [-0.2, 0) is 9.59 Å². The van der Waals surface area contributed by atoms with Crippen LogP contribution >= 0.6 is 0 Å². The van der Waals surface area contributed by atoms with E-state index in [-0.39, 0.29) is 28.9 Å². The summed E-state index contributed by atoms with van der Waals surface area (Å²) in [6.07, 6.45) is 0. The van der Waals surface area contributed by atoms with Gasteiger partial charge in [0.2, 0.25) is 0 Å². The molecule has 0 saturated carbocycles. The van der Waals surface area contributed by atoms with Crippen molar-refractivity contribution in [1.82, 2.24) is 0 Å². The van der Waals surface area contributed by atoms with Crippen molar-refractivity contribution in [3.8, 4) is 17.2 Å². The Kier molecular flexibility index (Phi) is 6.68. The number of amides is 2. The predicted octanol–water partition coefficient (Wildman–Crippen LogP) is 5.50. The van der Waals surface area contributed by atoms with Crippen molar-refractivity contribution in [2.24, 2.45) is 0 Å². The average Bonchev–Trinajstić information content (AvgIpc) is 3.14. The Bertz CT molecular complexity index is 1660. The Labute approximate surface area is 224 Å². The molecule has 0 fully saturated rings. The molecule has 0 radical (unpaired) electrons. The Morgan fingerprint density at radius 2 is 1.15 bits per heavy atom. The molecule has 39 heavy (non-hydrogen) atoms. The topological polar surface area (TPSA) is 99.2 Å². The van der Waals surface area contributed by atoms with Crippen molar-refractivity contribution in [3.63, 3.8) is 0 Å². The van der Waals surface area contributed by atoms with E-state index in [2.05, 4.69) is 0 Å². The van der Waals surface area contributed by atoms with E-state index < -0.39 is 11.9 Å². The quantitative estimate of drug-likeness (QED) is 0.188. The molecule has 0 N–H and O–H groups in total. The first kappa shape index (κ1) is 25.4. The van der Waals surface area contributed by atoms with Crippen LogP contribution in [0.1, 0.15) is 34.6 Å². The number of fused-ring (bicyclic) bond motifs is 1. The van der Waals surface area contributed by atoms with Crippen LogP contribution in [0, 0.1) is 0 Å². The molecule has 1 heterocycles. The molecule has 194 valence electrons. The monoisotopic (exact) mass is 521 g/mol. The minimum absolute atomic E-state index is 0.181. The molecule has 0 atom stereocenters. The van der Waals surface area contributed by atoms with Gasteiger partial charge in [-0.05, 0) is 85.3 Å². The number of nitrogens with zero attached hydrogens (tertiary/aromatic N) is 1. The van der Waals surface area contributed by atoms with E-state index in [0.717, 1.165) is 21.4 Å². The molecule has 5 rings (SSSR count). The number of hydrogen-bond acceptors (Lipinski definition) is 7. The molecular formula is C31H23NO7. The zero-order valence-electron chi connectivity index (χ0n) is 21.4. The normalized spacial score (nSPS) is 13.2. The fraction of sp³-hybridized carbons (Fsp3) is 0.0968. The molecule has 0 unspecified atom stereocenters. The molecule has 4 aromatic rings. The van der Waals surface area contributed by atoms with Gasteiger partial charge < -0.3 is 14.2 Å². The fourth-order valence-corrected chi connectivity index (χ4v) is 4.14. The summed E-state index contributed by atoms with van der Waals surface area (Å²) in [6, 6.07) is 22.9. The zero-order valence-corrected chi connectivity index (χ0v) is 21.4. The molecule has 0 bridgehead atoms. The van der Waals surface area contributed by atoms with Crippen molar-refractivity contribution in [2.75, 3.05) is 12.0 Å². The third-order valence-corrected chi connectivity index (χ3v) is 6.48. The third-order valence-electron chi connectivity index (χ3n) is 6.48. The van der Waals surface area contributed by atoms with Crippen LogP contribution in [0.15, 0.2) is 96.1 Å². The number of carbonyl (C=O) groups excluding carboxylic acids is 4. The third kappa shape index (κ3) is 5.00. The molecule has 4 aromatic carbocycles. The van der Waals surface area contributed by atoms with Crippen LogP contribution in [0.25, 0.3) is 10.8 Å². The lowest BCUT2D eigenvalue weighted by atomic mass is 10.1. The van der Waals surface area contributed by atoms with E-state index >= 15 is 0 Å². The minimum atomic E-state index is -0.653. The van der Waals surface area contributed by atoms with E-state index in [1.807, 2.05) is 24.3 Å². The number of rotatable bonds is 6. The van der Waals surface area contributed by atoms with E-state index in [9.17, 15) is 19.2 Å². The second-order valence-electron chi connectivity index (χ2n) is 8.92. The van der Waals surface area contributed by atoms with Crippen LogP contribution in [-0.4, -0.2) is 30.9 Å². The largest absolute Gasteiger partial charge is 0.497 e. The van der Waals surface area contributed by atoms with Crippen molar-refractivity contribution >= 4 is 40.2 Å². The standard InChI is InChI=1S/C31H23NO7/c1-18-19(2)29(34)32(28(18)33)24-12-9-20(10-13-24)30(35)38-26-5-4-6-27(17-26)39-31(36)23-8-7-22-16-25(37-3)14-11-21(22)15-23/h4-17H,1-3H3. The molecule has 2 amide bonds. The van der Waals surface area contributed by atoms with Gasteiger partial charge in [-0.15, -0.1) is 0 Å². The molecule has 1 aliphatic heterocycles. The summed E-state index contributed by atoms with van der Waals surface area (Å²) in [5.74, 6) is -0.872. The summed E-state index contributed by atoms with van der Waals surface area (Å²) in [5, 5.41) is 1.78. The van der Waals surface area contributed by atoms with Gasteiger partial charge >= 0.3 is 11.9 Å². The summed E-state index contributed by atoms with van der Waals surface area (Å²) < 4.78 is 16.2. The first-order valence-electron chi connectivity index (χ1n) is 12.0. The summed E-state index contributed by atoms with van der Waals surface area (Å²) in [6.45, 7) is 3.21. The number of anilines is 1. The second-order valence-corrected chi connectivity index (χ2v) is 8.92. The van der Waals surface area contributed by atoms with Crippen molar-refractivity contribution < 1.29 is 33.4 Å². The van der Waals surface area contributed by atoms with Gasteiger partial charge in [0, 0.05) is 17.2 Å². The van der Waals surface area contributed by atoms with Gasteiger partial charge in [-0.2, -0.15) is 0 Å². The smallest absolute Gasteiger partial charge is 0.343 e. The van der Waals surface area contributed by atoms with Crippen molar-refractivity contribution in [2.45, 2.75) is 13.8 Å². The Hall–Kier alpha value is -5.24. The summed E-state index contributed by atoms with van der Waals surface area (Å²) in [5.41, 5.74) is 1.73. The highest BCUT2D eigenvalue weighted by molar-refractivity contribution is 6.32. The summed E-state index contributed by atoms with van der Waals surface area (Å²) in [7, 11) is 1.59. The van der Waals surface area contributed by atoms with E-state index in [4.69, 9.17) is 14.2 Å². The molecule has 0 saturated heterocycles. The Balaban J connectivity index is 1.25. The maximum absolute atomic E-state index is 12.8. The SMILES string of the molecule is COc1ccc2cc(C(=O)Oc3cccc(OC(=O)c4ccc(N5C(=O)C(C)=C(C)C5=O)cc4)c3)ccc2c1. The summed E-state index contributed by atoms with van der Waals surface area (Å²) >= 11 is 0. The minimum Gasteiger partial charge on any atom is -0.497 e. The predicted molar refractivity (Wildman–Crippen MR) is 144 cm³/mol. The van der Waals surface area contributed by atoms with Crippen LogP contribution < -0.4 is 19.1 Å². The lowest BCUT2D eigenvalue weighted by Gasteiger charge is -2.15. The first-order valence-corrected chi connectivity index (χ1v) is 12.0. The zero-order chi connectivity index (χ0) is 27.7. The van der Waals surface area contributed by atoms with Gasteiger partial charge in [0.25, 0.3) is 11.8 Å². The lowest BCUT2D eigenvalue weighted by molar-refractivity contribution is -0.120. The van der Waals surface area contributed by atoms with E-state index in [1.54, 1.807) is 51.3 Å². The highest BCUT2D eigenvalue weighted by Gasteiger charge is 2.34. The van der Waals surface area contributed by atoms with Crippen molar-refractivity contribution in [1.29, 1.82) is 0 Å². The fourth-order valence-electron chi connectivity index (χ4n) is 4.14. The van der Waals surface area contributed by atoms with Gasteiger partial charge in [0.1, 0.15) is 17.2 Å². The number of benzene rings is 4. The Morgan fingerprint density at radius 1 is 0.615 bits per heavy atom. The molecule has 8 heteroatoms. The molecular weight excluding hydrogens is 498 g/mol. The van der Waals surface area contributed by atoms with Crippen LogP contribution in [0.5, 0.6) is 17.2 Å². The second kappa shape index (κ2) is 10.3. The highest BCUT2D eigenvalue weighted by atomic mass is 16.5. The van der Waals surface area contributed by atoms with Gasteiger partial charge in [-0.25, -0.2) is 14.5 Å². The number of hydrogen-bond donors (Lipinski definition) is 0. The molecule has 8 nitrogen and oxygen atoms in total. The van der Waals surface area contributed by atoms with Gasteiger partial charge in [0.15, 0.2) is 0 Å². The molecule has 1 aliphatic rings. The molecule has 0 aliphatic carbocycles. The highest BCUT2D eigenvalue weighted by Crippen LogP contribution is 2.28. The summed E-state index contributed by atoms with van der Waals surface area (Å²) in [4.78, 5) is 51.3. The number of carbonyl (C=O) groups is 4. The van der Waals surface area contributed by atoms with Crippen LogP contribution in [0.3, 0.4) is 0 Å². The Morgan fingerprint density at radius 3 is 1.77 bits per heavy atom. The first-order chi connectivity index (χ1) is 18.7. The van der Waals surface area contributed by atoms with Crippen LogP contribution in [0.4, 0.5) is 5.69 Å². The van der Waals surface area contributed by atoms with Gasteiger partial charge in [-0.3, -0.25) is 9.59 Å². The number of methoxy groups -OCH3 is 1. The number of imide groups is 1.